The number of nitrogens with zero attached hydrogens (tertiary/aromatic N) is 4. The van der Waals surface area contributed by atoms with E-state index in [-0.39, 0.29) is 11.9 Å². The number of carbonyl (C=O) groups is 1. The fraction of sp³-hybridized carbons (Fsp3) is 0.320. The Balaban J connectivity index is 1.41. The Kier molecular flexibility index (Phi) is 6.54. The Morgan fingerprint density at radius 3 is 2.41 bits per heavy atom. The van der Waals surface area contributed by atoms with Crippen LogP contribution in [0.1, 0.15) is 29.8 Å². The zero-order valence-electron chi connectivity index (χ0n) is 18.7. The van der Waals surface area contributed by atoms with Crippen LogP contribution in [-0.4, -0.2) is 53.6 Å². The van der Waals surface area contributed by atoms with Crippen molar-refractivity contribution in [2.75, 3.05) is 31.6 Å². The van der Waals surface area contributed by atoms with Crippen molar-refractivity contribution in [1.82, 2.24) is 14.9 Å². The monoisotopic (exact) mass is 432 g/mol. The highest BCUT2D eigenvalue weighted by Crippen LogP contribution is 2.26. The number of benzene rings is 2. The minimum atomic E-state index is 0.0584. The van der Waals surface area contributed by atoms with Gasteiger partial charge in [-0.05, 0) is 55.3 Å². The first kappa shape index (κ1) is 21.6. The van der Waals surface area contributed by atoms with Gasteiger partial charge >= 0.3 is 0 Å². The molecule has 4 rings (SSSR count). The van der Waals surface area contributed by atoms with E-state index in [0.717, 1.165) is 23.6 Å². The van der Waals surface area contributed by atoms with Gasteiger partial charge in [0.1, 0.15) is 23.6 Å². The molecule has 32 heavy (non-hydrogen) atoms. The second-order valence-electron chi connectivity index (χ2n) is 7.84. The van der Waals surface area contributed by atoms with E-state index in [1.807, 2.05) is 59.5 Å². The summed E-state index contributed by atoms with van der Waals surface area (Å²) in [7, 11) is 1.63. The lowest BCUT2D eigenvalue weighted by Crippen LogP contribution is -2.54. The maximum Gasteiger partial charge on any atom is 0.254 e. The molecule has 7 heteroatoms. The highest BCUT2D eigenvalue weighted by Gasteiger charge is 2.29. The van der Waals surface area contributed by atoms with Crippen LogP contribution in [0.25, 0.3) is 0 Å². The molecule has 0 bridgehead atoms. The Labute approximate surface area is 188 Å². The highest BCUT2D eigenvalue weighted by molar-refractivity contribution is 5.94. The molecule has 1 aliphatic rings. The average Bonchev–Trinajstić information content (AvgIpc) is 2.84. The molecule has 1 saturated heterocycles. The topological polar surface area (TPSA) is 67.8 Å². The van der Waals surface area contributed by atoms with Crippen molar-refractivity contribution in [3.05, 3.63) is 72.1 Å². The Hall–Kier alpha value is -3.61. The second-order valence-corrected chi connectivity index (χ2v) is 7.84. The van der Waals surface area contributed by atoms with Gasteiger partial charge < -0.3 is 19.3 Å². The van der Waals surface area contributed by atoms with Crippen LogP contribution in [0.2, 0.25) is 0 Å². The lowest BCUT2D eigenvalue weighted by atomic mass is 10.1. The van der Waals surface area contributed by atoms with Gasteiger partial charge in [-0.15, -0.1) is 0 Å². The zero-order chi connectivity index (χ0) is 22.5. The quantitative estimate of drug-likeness (QED) is 0.582. The summed E-state index contributed by atoms with van der Waals surface area (Å²) in [6, 6.07) is 17.1. The molecule has 1 aliphatic heterocycles. The third-order valence-corrected chi connectivity index (χ3v) is 5.73. The van der Waals surface area contributed by atoms with Crippen molar-refractivity contribution >= 4 is 11.7 Å². The van der Waals surface area contributed by atoms with E-state index in [2.05, 4.69) is 28.7 Å². The molecule has 7 nitrogen and oxygen atoms in total. The number of carbonyl (C=O) groups excluding carboxylic acids is 1. The largest absolute Gasteiger partial charge is 0.497 e. The van der Waals surface area contributed by atoms with Crippen molar-refractivity contribution in [3.63, 3.8) is 0 Å². The summed E-state index contributed by atoms with van der Waals surface area (Å²) < 4.78 is 11.1. The number of aromatic nitrogens is 2. The molecule has 0 radical (unpaired) electrons. The number of ether oxygens (including phenoxy) is 2. The van der Waals surface area contributed by atoms with Crippen LogP contribution >= 0.6 is 0 Å². The van der Waals surface area contributed by atoms with Gasteiger partial charge in [0.05, 0.1) is 7.11 Å². The van der Waals surface area contributed by atoms with Crippen LogP contribution in [0.4, 0.5) is 5.82 Å². The van der Waals surface area contributed by atoms with Crippen molar-refractivity contribution in [1.29, 1.82) is 0 Å². The van der Waals surface area contributed by atoms with Gasteiger partial charge in [0, 0.05) is 37.3 Å². The third-order valence-electron chi connectivity index (χ3n) is 5.73. The molecule has 0 spiro atoms. The van der Waals surface area contributed by atoms with Crippen LogP contribution in [-0.2, 0) is 6.42 Å². The predicted molar refractivity (Wildman–Crippen MR) is 124 cm³/mol. The van der Waals surface area contributed by atoms with Crippen molar-refractivity contribution in [2.24, 2.45) is 0 Å². The Morgan fingerprint density at radius 2 is 1.75 bits per heavy atom. The number of aryl methyl sites for hydroxylation is 1. The van der Waals surface area contributed by atoms with Crippen LogP contribution in [0.5, 0.6) is 17.4 Å². The normalized spacial score (nSPS) is 16.0. The summed E-state index contributed by atoms with van der Waals surface area (Å²) in [4.78, 5) is 25.8. The Bertz CT molecular complexity index is 1050. The fourth-order valence-electron chi connectivity index (χ4n) is 3.84. The van der Waals surface area contributed by atoms with Gasteiger partial charge in [-0.2, -0.15) is 0 Å². The smallest absolute Gasteiger partial charge is 0.254 e. The zero-order valence-corrected chi connectivity index (χ0v) is 18.7. The van der Waals surface area contributed by atoms with Crippen molar-refractivity contribution < 1.29 is 14.3 Å². The van der Waals surface area contributed by atoms with E-state index in [1.54, 1.807) is 7.11 Å². The van der Waals surface area contributed by atoms with Gasteiger partial charge in [-0.25, -0.2) is 9.97 Å². The second kappa shape index (κ2) is 9.68. The summed E-state index contributed by atoms with van der Waals surface area (Å²) in [5, 5.41) is 0. The van der Waals surface area contributed by atoms with Gasteiger partial charge in [0.2, 0.25) is 5.88 Å². The lowest BCUT2D eigenvalue weighted by Gasteiger charge is -2.40. The molecular weight excluding hydrogens is 404 g/mol. The van der Waals surface area contributed by atoms with Crippen molar-refractivity contribution in [2.45, 2.75) is 26.3 Å². The SMILES string of the molecule is CCc1ccc(C(=O)N2CCN(c3cc(Oc4ccc(OC)cc4)ncn3)CC2C)cc1. The first-order chi connectivity index (χ1) is 15.6. The molecule has 0 saturated carbocycles. The molecule has 1 atom stereocenters. The van der Waals surface area contributed by atoms with Gasteiger partial charge in [0.25, 0.3) is 5.91 Å². The van der Waals surface area contributed by atoms with Crippen LogP contribution < -0.4 is 14.4 Å². The molecule has 1 unspecified atom stereocenters. The van der Waals surface area contributed by atoms with Gasteiger partial charge in [-0.1, -0.05) is 19.1 Å². The van der Waals surface area contributed by atoms with E-state index >= 15 is 0 Å². The summed E-state index contributed by atoms with van der Waals surface area (Å²) in [5.41, 5.74) is 1.97. The number of hydrogen-bond acceptors (Lipinski definition) is 6. The first-order valence-corrected chi connectivity index (χ1v) is 10.9. The van der Waals surface area contributed by atoms with E-state index in [0.29, 0.717) is 31.3 Å². The average molecular weight is 433 g/mol. The maximum absolute atomic E-state index is 13.0. The molecule has 2 heterocycles. The molecule has 1 fully saturated rings. The Morgan fingerprint density at radius 1 is 1.03 bits per heavy atom. The van der Waals surface area contributed by atoms with Crippen LogP contribution in [0.15, 0.2) is 60.9 Å². The maximum atomic E-state index is 13.0. The van der Waals surface area contributed by atoms with E-state index in [4.69, 9.17) is 9.47 Å². The number of methoxy groups -OCH3 is 1. The van der Waals surface area contributed by atoms with Crippen LogP contribution in [0, 0.1) is 0 Å². The molecular formula is C25H28N4O3. The minimum absolute atomic E-state index is 0.0584. The highest BCUT2D eigenvalue weighted by atomic mass is 16.5. The number of piperazine rings is 1. The predicted octanol–water partition coefficient (Wildman–Crippen LogP) is 4.19. The summed E-state index contributed by atoms with van der Waals surface area (Å²) in [6.45, 7) is 6.20. The van der Waals surface area contributed by atoms with E-state index in [1.165, 1.54) is 11.9 Å². The molecule has 3 aromatic rings. The molecule has 1 amide bonds. The summed E-state index contributed by atoms with van der Waals surface area (Å²) >= 11 is 0. The number of amides is 1. The number of rotatable bonds is 6. The third kappa shape index (κ3) is 4.82. The lowest BCUT2D eigenvalue weighted by molar-refractivity contribution is 0.0673. The summed E-state index contributed by atoms with van der Waals surface area (Å²) in [6.07, 6.45) is 2.47. The van der Waals surface area contributed by atoms with Gasteiger partial charge in [-0.3, -0.25) is 4.79 Å². The number of hydrogen-bond donors (Lipinski definition) is 0. The van der Waals surface area contributed by atoms with Crippen molar-refractivity contribution in [3.8, 4) is 17.4 Å². The molecule has 1 aromatic heterocycles. The molecule has 0 aliphatic carbocycles. The van der Waals surface area contributed by atoms with E-state index < -0.39 is 0 Å². The standard InChI is InChI=1S/C25H28N4O3/c1-4-19-5-7-20(8-6-19)25(30)29-14-13-28(16-18(29)2)23-15-24(27-17-26-23)32-22-11-9-21(31-3)10-12-22/h5-12,15,17-18H,4,13-14,16H2,1-3H3. The minimum Gasteiger partial charge on any atom is -0.497 e. The number of anilines is 1. The molecule has 166 valence electrons. The first-order valence-electron chi connectivity index (χ1n) is 10.9. The van der Waals surface area contributed by atoms with E-state index in [9.17, 15) is 4.79 Å². The van der Waals surface area contributed by atoms with Gasteiger partial charge in [0.15, 0.2) is 0 Å². The molecule has 2 aromatic carbocycles. The molecule has 0 N–H and O–H groups in total. The fourth-order valence-corrected chi connectivity index (χ4v) is 3.84. The van der Waals surface area contributed by atoms with Crippen LogP contribution in [0.3, 0.4) is 0 Å². The summed E-state index contributed by atoms with van der Waals surface area (Å²) in [5.74, 6) is 2.78.